The van der Waals surface area contributed by atoms with Gasteiger partial charge in [0.25, 0.3) is 5.91 Å². The van der Waals surface area contributed by atoms with Gasteiger partial charge >= 0.3 is 0 Å². The van der Waals surface area contributed by atoms with Gasteiger partial charge in [0, 0.05) is 23.3 Å². The van der Waals surface area contributed by atoms with Gasteiger partial charge in [-0.3, -0.25) is 14.9 Å². The second kappa shape index (κ2) is 10.9. The molecule has 0 heterocycles. The van der Waals surface area contributed by atoms with Crippen LogP contribution in [0.5, 0.6) is 5.75 Å². The highest BCUT2D eigenvalue weighted by Gasteiger charge is 2.09. The second-order valence-corrected chi connectivity index (χ2v) is 7.24. The zero-order chi connectivity index (χ0) is 21.4. The number of halogens is 2. The molecule has 2 amide bonds. The van der Waals surface area contributed by atoms with Crippen molar-refractivity contribution in [1.82, 2.24) is 10.6 Å². The molecule has 7 nitrogen and oxygen atoms in total. The number of benzene rings is 2. The van der Waals surface area contributed by atoms with Crippen LogP contribution in [0.25, 0.3) is 0 Å². The van der Waals surface area contributed by atoms with Crippen molar-refractivity contribution >= 4 is 81.1 Å². The van der Waals surface area contributed by atoms with E-state index in [1.807, 2.05) is 0 Å². The number of rotatable bonds is 5. The van der Waals surface area contributed by atoms with Gasteiger partial charge in [-0.05, 0) is 66.9 Å². The molecule has 0 atom stereocenters. The lowest BCUT2D eigenvalue weighted by Gasteiger charge is -2.12. The van der Waals surface area contributed by atoms with Crippen LogP contribution in [0.1, 0.15) is 6.92 Å². The minimum absolute atomic E-state index is 0.107. The molecule has 2 aromatic carbocycles. The van der Waals surface area contributed by atoms with Gasteiger partial charge in [0.2, 0.25) is 5.91 Å². The van der Waals surface area contributed by atoms with Gasteiger partial charge in [-0.25, -0.2) is 0 Å². The van der Waals surface area contributed by atoms with Crippen molar-refractivity contribution in [2.24, 2.45) is 0 Å². The molecule has 0 bridgehead atoms. The number of amides is 2. The Kier molecular flexibility index (Phi) is 8.59. The van der Waals surface area contributed by atoms with Crippen molar-refractivity contribution in [3.8, 4) is 5.75 Å². The van der Waals surface area contributed by atoms with E-state index in [4.69, 9.17) is 52.4 Å². The molecule has 0 radical (unpaired) electrons. The fraction of sp³-hybridized carbons (Fsp3) is 0.111. The highest BCUT2D eigenvalue weighted by molar-refractivity contribution is 7.80. The number of anilines is 2. The minimum atomic E-state index is -0.451. The second-order valence-electron chi connectivity index (χ2n) is 5.58. The average Bonchev–Trinajstić information content (AvgIpc) is 2.62. The van der Waals surface area contributed by atoms with E-state index >= 15 is 0 Å². The van der Waals surface area contributed by atoms with Crippen LogP contribution < -0.4 is 26.0 Å². The van der Waals surface area contributed by atoms with Crippen molar-refractivity contribution in [2.45, 2.75) is 6.92 Å². The van der Waals surface area contributed by atoms with Gasteiger partial charge < -0.3 is 20.7 Å². The first-order chi connectivity index (χ1) is 13.7. The zero-order valence-corrected chi connectivity index (χ0v) is 18.2. The molecule has 29 heavy (non-hydrogen) atoms. The van der Waals surface area contributed by atoms with Gasteiger partial charge in [-0.2, -0.15) is 0 Å². The highest BCUT2D eigenvalue weighted by atomic mass is 35.5. The summed E-state index contributed by atoms with van der Waals surface area (Å²) in [4.78, 5) is 22.9. The summed E-state index contributed by atoms with van der Waals surface area (Å²) >= 11 is 21.9. The Bertz CT molecular complexity index is 939. The Balaban J connectivity index is 1.80. The summed E-state index contributed by atoms with van der Waals surface area (Å²) in [6.07, 6.45) is 0. The third-order valence-corrected chi connectivity index (χ3v) is 4.13. The lowest BCUT2D eigenvalue weighted by molar-refractivity contribution is -0.121. The zero-order valence-electron chi connectivity index (χ0n) is 15.0. The van der Waals surface area contributed by atoms with E-state index in [9.17, 15) is 9.59 Å². The SMILES string of the molecule is CC(=O)NC(=S)Nc1ccc(NC(=S)NC(=O)COc2ccc(Cl)cc2Cl)cc1. The number of carbonyl (C=O) groups is 2. The molecule has 0 fully saturated rings. The Morgan fingerprint density at radius 1 is 0.931 bits per heavy atom. The number of thiocarbonyl (C=S) groups is 2. The third-order valence-electron chi connectivity index (χ3n) is 3.20. The van der Waals surface area contributed by atoms with Crippen LogP contribution in [0.4, 0.5) is 11.4 Å². The Morgan fingerprint density at radius 2 is 1.48 bits per heavy atom. The number of carbonyl (C=O) groups excluding carboxylic acids is 2. The molecule has 2 aromatic rings. The predicted octanol–water partition coefficient (Wildman–Crippen LogP) is 3.72. The topological polar surface area (TPSA) is 91.5 Å². The lowest BCUT2D eigenvalue weighted by Crippen LogP contribution is -2.37. The maximum Gasteiger partial charge on any atom is 0.264 e. The maximum atomic E-state index is 12.0. The van der Waals surface area contributed by atoms with E-state index in [1.165, 1.54) is 13.0 Å². The van der Waals surface area contributed by atoms with Crippen molar-refractivity contribution in [3.05, 3.63) is 52.5 Å². The molecule has 0 unspecified atom stereocenters. The third kappa shape index (κ3) is 8.20. The van der Waals surface area contributed by atoms with Crippen LogP contribution in [0.2, 0.25) is 10.0 Å². The van der Waals surface area contributed by atoms with Crippen molar-refractivity contribution in [2.75, 3.05) is 17.2 Å². The van der Waals surface area contributed by atoms with Crippen LogP contribution >= 0.6 is 47.6 Å². The normalized spacial score (nSPS) is 9.90. The fourth-order valence-corrected chi connectivity index (χ4v) is 2.98. The molecule has 0 aliphatic rings. The average molecular weight is 471 g/mol. The molecular weight excluding hydrogens is 455 g/mol. The first kappa shape index (κ1) is 22.8. The summed E-state index contributed by atoms with van der Waals surface area (Å²) in [5.74, 6) is -0.373. The van der Waals surface area contributed by atoms with Crippen LogP contribution in [-0.2, 0) is 9.59 Å². The number of nitrogens with one attached hydrogen (secondary N) is 4. The minimum Gasteiger partial charge on any atom is -0.482 e. The van der Waals surface area contributed by atoms with Gasteiger partial charge in [0.15, 0.2) is 16.8 Å². The summed E-state index contributed by atoms with van der Waals surface area (Å²) in [5, 5.41) is 11.8. The van der Waals surface area contributed by atoms with Gasteiger partial charge in [-0.15, -0.1) is 0 Å². The van der Waals surface area contributed by atoms with E-state index in [2.05, 4.69) is 21.3 Å². The molecular formula is C18H16Cl2N4O3S2. The molecule has 11 heteroatoms. The molecule has 152 valence electrons. The molecule has 4 N–H and O–H groups in total. The van der Waals surface area contributed by atoms with E-state index < -0.39 is 5.91 Å². The van der Waals surface area contributed by atoms with Gasteiger partial charge in [-0.1, -0.05) is 23.2 Å². The van der Waals surface area contributed by atoms with E-state index in [1.54, 1.807) is 36.4 Å². The first-order valence-electron chi connectivity index (χ1n) is 8.10. The van der Waals surface area contributed by atoms with Crippen LogP contribution in [0, 0.1) is 0 Å². The summed E-state index contributed by atoms with van der Waals surface area (Å²) in [6.45, 7) is 1.10. The van der Waals surface area contributed by atoms with Gasteiger partial charge in [0.1, 0.15) is 5.75 Å². The lowest BCUT2D eigenvalue weighted by atomic mass is 10.3. The summed E-state index contributed by atoms with van der Waals surface area (Å²) in [7, 11) is 0. The van der Waals surface area contributed by atoms with Crippen LogP contribution in [0.15, 0.2) is 42.5 Å². The van der Waals surface area contributed by atoms with Crippen LogP contribution in [0.3, 0.4) is 0 Å². The van der Waals surface area contributed by atoms with E-state index in [0.717, 1.165) is 0 Å². The van der Waals surface area contributed by atoms with E-state index in [0.29, 0.717) is 27.2 Å². The van der Waals surface area contributed by atoms with Gasteiger partial charge in [0.05, 0.1) is 5.02 Å². The Morgan fingerprint density at radius 3 is 2.00 bits per heavy atom. The molecule has 0 aliphatic carbocycles. The Labute approximate surface area is 188 Å². The molecule has 0 saturated carbocycles. The molecule has 0 spiro atoms. The largest absolute Gasteiger partial charge is 0.482 e. The molecule has 2 rings (SSSR count). The van der Waals surface area contributed by atoms with Crippen molar-refractivity contribution in [1.29, 1.82) is 0 Å². The number of hydrogen-bond donors (Lipinski definition) is 4. The molecule has 0 aromatic heterocycles. The van der Waals surface area contributed by atoms with E-state index in [-0.39, 0.29) is 22.7 Å². The fourth-order valence-electron chi connectivity index (χ4n) is 2.02. The number of ether oxygens (including phenoxy) is 1. The standard InChI is InChI=1S/C18H16Cl2N4O3S2/c1-10(25)21-17(28)22-12-3-5-13(6-4-12)23-18(29)24-16(26)9-27-15-7-2-11(19)8-14(15)20/h2-8H,9H2,1H3,(H2,21,22,25,28)(H2,23,24,26,29). The molecule has 0 aliphatic heterocycles. The maximum absolute atomic E-state index is 12.0. The summed E-state index contributed by atoms with van der Waals surface area (Å²) in [5.41, 5.74) is 1.32. The van der Waals surface area contributed by atoms with Crippen molar-refractivity contribution < 1.29 is 14.3 Å². The first-order valence-corrected chi connectivity index (χ1v) is 9.67. The highest BCUT2D eigenvalue weighted by Crippen LogP contribution is 2.27. The smallest absolute Gasteiger partial charge is 0.264 e. The van der Waals surface area contributed by atoms with Crippen LogP contribution in [-0.4, -0.2) is 28.6 Å². The monoisotopic (exact) mass is 470 g/mol. The Hall–Kier alpha value is -2.46. The predicted molar refractivity (Wildman–Crippen MR) is 123 cm³/mol. The quantitative estimate of drug-likeness (QED) is 0.494. The number of hydrogen-bond acceptors (Lipinski definition) is 5. The summed E-state index contributed by atoms with van der Waals surface area (Å²) < 4.78 is 5.34. The van der Waals surface area contributed by atoms with Crippen molar-refractivity contribution in [3.63, 3.8) is 0 Å². The molecule has 0 saturated heterocycles. The summed E-state index contributed by atoms with van der Waals surface area (Å²) in [6, 6.07) is 11.6.